The van der Waals surface area contributed by atoms with Crippen molar-refractivity contribution in [3.05, 3.63) is 22.8 Å². The molecule has 0 aromatic heterocycles. The van der Waals surface area contributed by atoms with Crippen LogP contribution in [0, 0.1) is 39.4 Å². The van der Waals surface area contributed by atoms with E-state index >= 15 is 0 Å². The van der Waals surface area contributed by atoms with Crippen molar-refractivity contribution in [2.24, 2.45) is 39.4 Å². The minimum absolute atomic E-state index is 0.0213. The minimum Gasteiger partial charge on any atom is -0.462 e. The summed E-state index contributed by atoms with van der Waals surface area (Å²) in [5, 5.41) is 0. The molecule has 0 aliphatic heterocycles. The summed E-state index contributed by atoms with van der Waals surface area (Å²) in [7, 11) is 0. The zero-order chi connectivity index (χ0) is 40.7. The van der Waals surface area contributed by atoms with Gasteiger partial charge in [0.1, 0.15) is 6.10 Å². The third-order valence-electron chi connectivity index (χ3n) is 17.4. The molecule has 324 valence electrons. The Kier molecular flexibility index (Phi) is 19.6. The van der Waals surface area contributed by atoms with Crippen LogP contribution in [0.25, 0.3) is 0 Å². The predicted molar refractivity (Wildman–Crippen MR) is 244 cm³/mol. The number of rotatable bonds is 27. The van der Waals surface area contributed by atoms with Crippen molar-refractivity contribution >= 4 is 5.97 Å². The van der Waals surface area contributed by atoms with Gasteiger partial charge in [0.2, 0.25) is 0 Å². The third-order valence-corrected chi connectivity index (χ3v) is 17.4. The monoisotopic (exact) mass is 777 g/mol. The number of carbonyl (C=O) groups excluding carboxylic acids is 1. The van der Waals surface area contributed by atoms with Crippen molar-refractivity contribution in [3.8, 4) is 0 Å². The highest BCUT2D eigenvalue weighted by atomic mass is 16.5. The Hall–Kier alpha value is -1.05. The molecule has 0 saturated heterocycles. The van der Waals surface area contributed by atoms with Crippen molar-refractivity contribution in [1.82, 2.24) is 0 Å². The van der Waals surface area contributed by atoms with Gasteiger partial charge in [-0.3, -0.25) is 4.79 Å². The highest BCUT2D eigenvalue weighted by molar-refractivity contribution is 5.69. The van der Waals surface area contributed by atoms with Crippen molar-refractivity contribution in [2.45, 2.75) is 274 Å². The van der Waals surface area contributed by atoms with Gasteiger partial charge in [0, 0.05) is 11.8 Å². The van der Waals surface area contributed by atoms with Gasteiger partial charge >= 0.3 is 5.97 Å². The van der Waals surface area contributed by atoms with Gasteiger partial charge in [-0.15, -0.1) is 0 Å². The van der Waals surface area contributed by atoms with E-state index in [4.69, 9.17) is 4.74 Å². The van der Waals surface area contributed by atoms with Crippen molar-refractivity contribution in [2.75, 3.05) is 0 Å². The molecule has 2 nitrogen and oxygen atoms in total. The lowest BCUT2D eigenvalue weighted by Crippen LogP contribution is -2.55. The summed E-state index contributed by atoms with van der Waals surface area (Å²) in [6.07, 6.45) is 45.0. The molecule has 7 atom stereocenters. The number of hydrogen-bond acceptors (Lipinski definition) is 2. The van der Waals surface area contributed by atoms with Gasteiger partial charge in [-0.25, -0.2) is 0 Å². The second kappa shape index (κ2) is 23.1. The average molecular weight is 777 g/mol. The van der Waals surface area contributed by atoms with E-state index in [1.807, 2.05) is 11.1 Å². The maximum absolute atomic E-state index is 13.2. The molecule has 0 amide bonds. The van der Waals surface area contributed by atoms with Gasteiger partial charge in [-0.2, -0.15) is 0 Å². The zero-order valence-corrected chi connectivity index (χ0v) is 39.3. The molecule has 0 N–H and O–H groups in total. The van der Waals surface area contributed by atoms with Gasteiger partial charge in [0.15, 0.2) is 0 Å². The van der Waals surface area contributed by atoms with Gasteiger partial charge in [0.25, 0.3) is 0 Å². The van der Waals surface area contributed by atoms with Gasteiger partial charge < -0.3 is 4.74 Å². The maximum atomic E-state index is 13.2. The normalized spacial score (nSPS) is 30.1. The van der Waals surface area contributed by atoms with E-state index in [2.05, 4.69) is 68.4 Å². The molecule has 0 spiro atoms. The van der Waals surface area contributed by atoms with E-state index in [9.17, 15) is 4.79 Å². The number of allylic oxidation sites excluding steroid dienone is 4. The van der Waals surface area contributed by atoms with Gasteiger partial charge in [-0.1, -0.05) is 200 Å². The Bertz CT molecular complexity index is 1220. The molecule has 0 aromatic rings. The summed E-state index contributed by atoms with van der Waals surface area (Å²) < 4.78 is 6.41. The summed E-state index contributed by atoms with van der Waals surface area (Å²) in [4.78, 5) is 13.2. The molecule has 4 rings (SSSR count). The molecule has 2 heteroatoms. The summed E-state index contributed by atoms with van der Waals surface area (Å²) in [6.45, 7) is 22.3. The third kappa shape index (κ3) is 12.3. The Morgan fingerprint density at radius 3 is 1.70 bits per heavy atom. The van der Waals surface area contributed by atoms with Gasteiger partial charge in [0.05, 0.1) is 0 Å². The number of hydrogen-bond donors (Lipinski definition) is 0. The number of unbranched alkanes of at least 4 members (excludes halogenated alkanes) is 20. The molecule has 4 aliphatic carbocycles. The quantitative estimate of drug-likeness (QED) is 0.0472. The minimum atomic E-state index is 0.0213. The zero-order valence-electron chi connectivity index (χ0n) is 39.3. The highest BCUT2D eigenvalue weighted by Crippen LogP contribution is 2.72. The first-order valence-corrected chi connectivity index (χ1v) is 25.4. The molecule has 0 bridgehead atoms. The van der Waals surface area contributed by atoms with Crippen LogP contribution in [0.5, 0.6) is 0 Å². The molecular formula is C54H96O2. The second-order valence-corrected chi connectivity index (χ2v) is 21.9. The summed E-state index contributed by atoms with van der Waals surface area (Å²) in [6, 6.07) is 0. The van der Waals surface area contributed by atoms with Crippen LogP contribution in [0.3, 0.4) is 0 Å². The van der Waals surface area contributed by atoms with Crippen molar-refractivity contribution < 1.29 is 9.53 Å². The topological polar surface area (TPSA) is 26.3 Å². The average Bonchev–Trinajstić information content (AvgIpc) is 3.44. The molecule has 2 fully saturated rings. The predicted octanol–water partition coefficient (Wildman–Crippen LogP) is 17.6. The standard InChI is InChI=1S/C54H96O2/c1-10-11-12-13-14-15-16-17-18-19-20-21-22-23-24-25-26-27-28-29-30-34-50(55)56-49-39-40-52(7)46-38-42-53(8)45(44(4)33-31-32-43(2)3)37-41-54(53,9)47(46)35-36-48(52)51(49,5)6/h32,44-45,48-49H,10-31,33-42H2,1-9H3/t44-,45-,48?,49?,52-,53+,54+/m1/s1. The van der Waals surface area contributed by atoms with E-state index in [1.54, 1.807) is 0 Å². The molecule has 2 unspecified atom stereocenters. The summed E-state index contributed by atoms with van der Waals surface area (Å²) in [5.41, 5.74) is 6.24. The summed E-state index contributed by atoms with van der Waals surface area (Å²) in [5.74, 6) is 2.30. The fraction of sp³-hybridized carbons (Fsp3) is 0.907. The number of ether oxygens (including phenoxy) is 1. The molecule has 0 heterocycles. The van der Waals surface area contributed by atoms with E-state index < -0.39 is 0 Å². The van der Waals surface area contributed by atoms with E-state index in [0.717, 1.165) is 24.7 Å². The van der Waals surface area contributed by atoms with Gasteiger partial charge in [-0.05, 0) is 118 Å². The van der Waals surface area contributed by atoms with Crippen LogP contribution in [-0.2, 0) is 9.53 Å². The van der Waals surface area contributed by atoms with E-state index in [0.29, 0.717) is 23.2 Å². The van der Waals surface area contributed by atoms with Crippen LogP contribution in [0.15, 0.2) is 22.8 Å². The van der Waals surface area contributed by atoms with E-state index in [1.165, 1.54) is 192 Å². The maximum Gasteiger partial charge on any atom is 0.306 e. The van der Waals surface area contributed by atoms with Crippen LogP contribution in [0.2, 0.25) is 0 Å². The lowest BCUT2D eigenvalue weighted by Gasteiger charge is -2.62. The Morgan fingerprint density at radius 2 is 1.18 bits per heavy atom. The fourth-order valence-electron chi connectivity index (χ4n) is 13.6. The Balaban J connectivity index is 1.09. The lowest BCUT2D eigenvalue weighted by atomic mass is 9.43. The molecule has 56 heavy (non-hydrogen) atoms. The molecular weight excluding hydrogens is 681 g/mol. The molecule has 2 saturated carbocycles. The number of esters is 1. The van der Waals surface area contributed by atoms with E-state index in [-0.39, 0.29) is 22.9 Å². The Morgan fingerprint density at radius 1 is 0.661 bits per heavy atom. The SMILES string of the molecule is CCCCCCCCCCCCCCCCCCCCCCCC(=O)OC1CC[C@]2(C)C3=C(CCC2C1(C)C)[C@]1(C)CC[C@H]([C@H](C)CCC=C(C)C)[C@]1(C)CC3. The highest BCUT2D eigenvalue weighted by Gasteiger charge is 2.63. The number of fused-ring (bicyclic) bond motifs is 4. The Labute approximate surface area is 350 Å². The lowest BCUT2D eigenvalue weighted by molar-refractivity contribution is -0.170. The first-order valence-electron chi connectivity index (χ1n) is 25.4. The first kappa shape index (κ1) is 47.6. The van der Waals surface area contributed by atoms with Crippen LogP contribution >= 0.6 is 0 Å². The first-order chi connectivity index (χ1) is 26.8. The smallest absolute Gasteiger partial charge is 0.306 e. The van der Waals surface area contributed by atoms with Crippen LogP contribution in [0.1, 0.15) is 268 Å². The molecule has 4 aliphatic rings. The van der Waals surface area contributed by atoms with Crippen molar-refractivity contribution in [3.63, 3.8) is 0 Å². The largest absolute Gasteiger partial charge is 0.462 e. The fourth-order valence-corrected chi connectivity index (χ4v) is 13.6. The van der Waals surface area contributed by atoms with Crippen LogP contribution in [-0.4, -0.2) is 12.1 Å². The number of carbonyl (C=O) groups is 1. The molecule has 0 radical (unpaired) electrons. The second-order valence-electron chi connectivity index (χ2n) is 21.9. The van der Waals surface area contributed by atoms with Crippen LogP contribution < -0.4 is 0 Å². The summed E-state index contributed by atoms with van der Waals surface area (Å²) >= 11 is 0. The van der Waals surface area contributed by atoms with Crippen LogP contribution in [0.4, 0.5) is 0 Å². The van der Waals surface area contributed by atoms with Crippen molar-refractivity contribution in [1.29, 1.82) is 0 Å². The molecule has 0 aromatic carbocycles.